The first-order valence-corrected chi connectivity index (χ1v) is 8.02. The highest BCUT2D eigenvalue weighted by Gasteiger charge is 2.21. The molecule has 1 fully saturated rings. The van der Waals surface area contributed by atoms with Crippen LogP contribution in [-0.2, 0) is 14.6 Å². The standard InChI is InChI=1S/C11H23NO4S/c1-2-17(14,15)6-5-12-7-11(13)9-16-8-10-3-4-10/h10-13H,2-9H2,1H3. The lowest BCUT2D eigenvalue weighted by Crippen LogP contribution is -2.33. The molecule has 0 saturated heterocycles. The highest BCUT2D eigenvalue weighted by atomic mass is 32.2. The van der Waals surface area contributed by atoms with Gasteiger partial charge in [0.15, 0.2) is 9.84 Å². The fourth-order valence-electron chi connectivity index (χ4n) is 1.35. The monoisotopic (exact) mass is 265 g/mol. The number of rotatable bonds is 10. The Bertz CT molecular complexity index is 301. The molecule has 0 aromatic carbocycles. The predicted molar refractivity (Wildman–Crippen MR) is 66.7 cm³/mol. The molecule has 6 heteroatoms. The first-order valence-electron chi connectivity index (χ1n) is 6.20. The van der Waals surface area contributed by atoms with Crippen LogP contribution in [0.3, 0.4) is 0 Å². The van der Waals surface area contributed by atoms with Gasteiger partial charge >= 0.3 is 0 Å². The average Bonchev–Trinajstić information content (AvgIpc) is 3.08. The first kappa shape index (κ1) is 14.9. The highest BCUT2D eigenvalue weighted by Crippen LogP contribution is 2.28. The van der Waals surface area contributed by atoms with Gasteiger partial charge in [-0.3, -0.25) is 0 Å². The van der Waals surface area contributed by atoms with E-state index in [2.05, 4.69) is 5.32 Å². The molecule has 1 aliphatic carbocycles. The van der Waals surface area contributed by atoms with E-state index < -0.39 is 15.9 Å². The fraction of sp³-hybridized carbons (Fsp3) is 1.00. The lowest BCUT2D eigenvalue weighted by atomic mass is 10.3. The average molecular weight is 265 g/mol. The van der Waals surface area contributed by atoms with E-state index >= 15 is 0 Å². The van der Waals surface area contributed by atoms with Gasteiger partial charge in [0, 0.05) is 25.4 Å². The number of sulfone groups is 1. The summed E-state index contributed by atoms with van der Waals surface area (Å²) in [4.78, 5) is 0. The number of hydrogen-bond acceptors (Lipinski definition) is 5. The van der Waals surface area contributed by atoms with Crippen LogP contribution in [0.15, 0.2) is 0 Å². The van der Waals surface area contributed by atoms with E-state index in [4.69, 9.17) is 4.74 Å². The molecular formula is C11H23NO4S. The van der Waals surface area contributed by atoms with E-state index in [1.807, 2.05) is 0 Å². The van der Waals surface area contributed by atoms with Gasteiger partial charge in [-0.1, -0.05) is 6.92 Å². The van der Waals surface area contributed by atoms with Gasteiger partial charge in [-0.15, -0.1) is 0 Å². The molecule has 1 aliphatic rings. The predicted octanol–water partition coefficient (Wildman–Crippen LogP) is -0.202. The molecule has 102 valence electrons. The smallest absolute Gasteiger partial charge is 0.151 e. The number of aliphatic hydroxyl groups excluding tert-OH is 1. The van der Waals surface area contributed by atoms with E-state index in [1.165, 1.54) is 12.8 Å². The van der Waals surface area contributed by atoms with Crippen molar-refractivity contribution >= 4 is 9.84 Å². The summed E-state index contributed by atoms with van der Waals surface area (Å²) in [5.41, 5.74) is 0. The molecule has 1 rings (SSSR count). The minimum Gasteiger partial charge on any atom is -0.389 e. The normalized spacial score (nSPS) is 18.2. The van der Waals surface area contributed by atoms with Crippen LogP contribution >= 0.6 is 0 Å². The van der Waals surface area contributed by atoms with Gasteiger partial charge in [0.25, 0.3) is 0 Å². The molecule has 17 heavy (non-hydrogen) atoms. The molecule has 0 bridgehead atoms. The number of ether oxygens (including phenoxy) is 1. The maximum Gasteiger partial charge on any atom is 0.151 e. The van der Waals surface area contributed by atoms with Crippen molar-refractivity contribution in [1.29, 1.82) is 0 Å². The van der Waals surface area contributed by atoms with E-state index in [9.17, 15) is 13.5 Å². The van der Waals surface area contributed by atoms with Crippen molar-refractivity contribution in [2.75, 3.05) is 37.8 Å². The van der Waals surface area contributed by atoms with Crippen LogP contribution in [0.25, 0.3) is 0 Å². The molecule has 0 spiro atoms. The van der Waals surface area contributed by atoms with Crippen molar-refractivity contribution in [1.82, 2.24) is 5.32 Å². The summed E-state index contributed by atoms with van der Waals surface area (Å²) in [5, 5.41) is 12.5. The summed E-state index contributed by atoms with van der Waals surface area (Å²) < 4.78 is 27.7. The molecule has 0 aromatic rings. The Morgan fingerprint density at radius 2 is 2.18 bits per heavy atom. The summed E-state index contributed by atoms with van der Waals surface area (Å²) in [5.74, 6) is 0.991. The zero-order valence-corrected chi connectivity index (χ0v) is 11.2. The minimum atomic E-state index is -2.91. The molecule has 0 aliphatic heterocycles. The molecule has 0 heterocycles. The topological polar surface area (TPSA) is 75.6 Å². The highest BCUT2D eigenvalue weighted by molar-refractivity contribution is 7.91. The third kappa shape index (κ3) is 7.70. The molecule has 0 radical (unpaired) electrons. The number of hydrogen-bond donors (Lipinski definition) is 2. The van der Waals surface area contributed by atoms with Gasteiger partial charge in [-0.2, -0.15) is 0 Å². The summed E-state index contributed by atoms with van der Waals surface area (Å²) >= 11 is 0. The van der Waals surface area contributed by atoms with Crippen LogP contribution in [-0.4, -0.2) is 57.4 Å². The Morgan fingerprint density at radius 1 is 1.47 bits per heavy atom. The summed E-state index contributed by atoms with van der Waals surface area (Å²) in [6.45, 7) is 3.46. The second-order valence-corrected chi connectivity index (χ2v) is 7.05. The van der Waals surface area contributed by atoms with Crippen molar-refractivity contribution < 1.29 is 18.3 Å². The van der Waals surface area contributed by atoms with Crippen LogP contribution in [0.1, 0.15) is 19.8 Å². The van der Waals surface area contributed by atoms with Gasteiger partial charge in [0.05, 0.1) is 18.5 Å². The van der Waals surface area contributed by atoms with Gasteiger partial charge in [0.1, 0.15) is 0 Å². The van der Waals surface area contributed by atoms with E-state index in [0.29, 0.717) is 25.6 Å². The summed E-state index contributed by atoms with van der Waals surface area (Å²) in [7, 11) is -2.91. The van der Waals surface area contributed by atoms with E-state index in [0.717, 1.165) is 6.61 Å². The van der Waals surface area contributed by atoms with E-state index in [1.54, 1.807) is 6.92 Å². The second kappa shape index (κ2) is 7.31. The number of nitrogens with one attached hydrogen (secondary N) is 1. The van der Waals surface area contributed by atoms with Crippen LogP contribution in [0.4, 0.5) is 0 Å². The molecule has 1 atom stereocenters. The largest absolute Gasteiger partial charge is 0.389 e. The third-order valence-electron chi connectivity index (χ3n) is 2.77. The van der Waals surface area contributed by atoms with Crippen LogP contribution < -0.4 is 5.32 Å². The molecule has 0 amide bonds. The molecule has 0 aromatic heterocycles. The Balaban J connectivity index is 1.93. The Kier molecular flexibility index (Phi) is 6.40. The first-order chi connectivity index (χ1) is 8.03. The lowest BCUT2D eigenvalue weighted by molar-refractivity contribution is 0.0328. The molecule has 2 N–H and O–H groups in total. The van der Waals surface area contributed by atoms with Crippen LogP contribution in [0, 0.1) is 5.92 Å². The van der Waals surface area contributed by atoms with Gasteiger partial charge in [0.2, 0.25) is 0 Å². The molecule has 5 nitrogen and oxygen atoms in total. The lowest BCUT2D eigenvalue weighted by Gasteiger charge is -2.12. The van der Waals surface area contributed by atoms with Crippen LogP contribution in [0.5, 0.6) is 0 Å². The molecular weight excluding hydrogens is 242 g/mol. The quantitative estimate of drug-likeness (QED) is 0.535. The number of aliphatic hydroxyl groups is 1. The maximum absolute atomic E-state index is 11.2. The van der Waals surface area contributed by atoms with Crippen molar-refractivity contribution in [3.05, 3.63) is 0 Å². The zero-order valence-electron chi connectivity index (χ0n) is 10.4. The maximum atomic E-state index is 11.2. The van der Waals surface area contributed by atoms with Gasteiger partial charge in [-0.25, -0.2) is 8.42 Å². The Hall–Kier alpha value is -0.170. The van der Waals surface area contributed by atoms with Crippen molar-refractivity contribution in [3.8, 4) is 0 Å². The van der Waals surface area contributed by atoms with Gasteiger partial charge in [-0.05, 0) is 18.8 Å². The molecule has 1 saturated carbocycles. The SMILES string of the molecule is CCS(=O)(=O)CCNCC(O)COCC1CC1. The molecule has 1 unspecified atom stereocenters. The Labute approximate surface area is 103 Å². The van der Waals surface area contributed by atoms with Crippen LogP contribution in [0.2, 0.25) is 0 Å². The summed E-state index contributed by atoms with van der Waals surface area (Å²) in [6.07, 6.45) is 1.92. The Morgan fingerprint density at radius 3 is 2.76 bits per heavy atom. The third-order valence-corrected chi connectivity index (χ3v) is 4.48. The second-order valence-electron chi connectivity index (χ2n) is 4.58. The van der Waals surface area contributed by atoms with Crippen molar-refractivity contribution in [3.63, 3.8) is 0 Å². The fourth-order valence-corrected chi connectivity index (χ4v) is 2.10. The minimum absolute atomic E-state index is 0.124. The zero-order chi connectivity index (χ0) is 12.7. The summed E-state index contributed by atoms with van der Waals surface area (Å²) in [6, 6.07) is 0. The van der Waals surface area contributed by atoms with Gasteiger partial charge < -0.3 is 15.2 Å². The van der Waals surface area contributed by atoms with E-state index in [-0.39, 0.29) is 11.5 Å². The van der Waals surface area contributed by atoms with Crippen molar-refractivity contribution in [2.24, 2.45) is 5.92 Å². The van der Waals surface area contributed by atoms with Crippen molar-refractivity contribution in [2.45, 2.75) is 25.9 Å².